The summed E-state index contributed by atoms with van der Waals surface area (Å²) >= 11 is 1.35. The van der Waals surface area contributed by atoms with Gasteiger partial charge >= 0.3 is 0 Å². The molecule has 5 nitrogen and oxygen atoms in total. The second kappa shape index (κ2) is 8.23. The van der Waals surface area contributed by atoms with E-state index in [-0.39, 0.29) is 11.7 Å². The fourth-order valence-corrected chi connectivity index (χ4v) is 3.24. The third-order valence-corrected chi connectivity index (χ3v) is 4.72. The normalized spacial score (nSPS) is 10.2. The molecule has 0 saturated carbocycles. The van der Waals surface area contributed by atoms with Crippen LogP contribution in [0.2, 0.25) is 0 Å². The Balaban J connectivity index is 1.53. The topological polar surface area (TPSA) is 77.8 Å². The Kier molecular flexibility index (Phi) is 5.56. The summed E-state index contributed by atoms with van der Waals surface area (Å²) in [6.45, 7) is 0.845. The fourth-order valence-electron chi connectivity index (χ4n) is 2.31. The number of halogens is 1. The van der Waals surface area contributed by atoms with Crippen molar-refractivity contribution >= 4 is 23.1 Å². The van der Waals surface area contributed by atoms with Crippen LogP contribution in [0, 0.1) is 17.1 Å². The summed E-state index contributed by atoms with van der Waals surface area (Å²) in [5.41, 5.74) is 1.33. The number of nitrogens with zero attached hydrogens (tertiary/aromatic N) is 2. The molecule has 2 N–H and O–H groups in total. The van der Waals surface area contributed by atoms with E-state index in [1.807, 2.05) is 6.07 Å². The van der Waals surface area contributed by atoms with E-state index in [1.54, 1.807) is 36.5 Å². The summed E-state index contributed by atoms with van der Waals surface area (Å²) in [6, 6.07) is 15.2. The van der Waals surface area contributed by atoms with Crippen molar-refractivity contribution in [3.05, 3.63) is 71.0 Å². The lowest BCUT2D eigenvalue weighted by molar-refractivity contribution is 0.0959. The van der Waals surface area contributed by atoms with Gasteiger partial charge < -0.3 is 10.6 Å². The lowest BCUT2D eigenvalue weighted by atomic mass is 10.2. The maximum absolute atomic E-state index is 13.0. The minimum Gasteiger partial charge on any atom is -0.367 e. The monoisotopic (exact) mass is 366 g/mol. The van der Waals surface area contributed by atoms with Crippen molar-refractivity contribution in [2.75, 3.05) is 18.4 Å². The van der Waals surface area contributed by atoms with Gasteiger partial charge in [-0.25, -0.2) is 9.37 Å². The number of pyridine rings is 1. The molecule has 130 valence electrons. The molecule has 2 heterocycles. The number of amides is 1. The fraction of sp³-hybridized carbons (Fsp3) is 0.105. The standard InChI is InChI=1S/C19H15FN4OS/c20-15-5-3-13(4-6-15)16-7-8-17(26-16)19(25)24-11-10-23-18-14(12-21)2-1-9-22-18/h1-9H,10-11H2,(H,22,23)(H,24,25). The summed E-state index contributed by atoms with van der Waals surface area (Å²) < 4.78 is 13.0. The number of carbonyl (C=O) groups is 1. The first kappa shape index (κ1) is 17.6. The van der Waals surface area contributed by atoms with Crippen LogP contribution in [-0.4, -0.2) is 24.0 Å². The van der Waals surface area contributed by atoms with Gasteiger partial charge in [0.2, 0.25) is 0 Å². The number of carbonyl (C=O) groups excluding carboxylic acids is 1. The third-order valence-electron chi connectivity index (χ3n) is 3.59. The SMILES string of the molecule is N#Cc1cccnc1NCCNC(=O)c1ccc(-c2ccc(F)cc2)s1. The van der Waals surface area contributed by atoms with Crippen molar-refractivity contribution in [2.45, 2.75) is 0 Å². The Morgan fingerprint density at radius 3 is 2.73 bits per heavy atom. The van der Waals surface area contributed by atoms with Crippen LogP contribution >= 0.6 is 11.3 Å². The second-order valence-corrected chi connectivity index (χ2v) is 6.45. The van der Waals surface area contributed by atoms with Gasteiger partial charge in [-0.05, 0) is 42.0 Å². The molecule has 0 bridgehead atoms. The maximum Gasteiger partial charge on any atom is 0.261 e. The number of nitriles is 1. The van der Waals surface area contributed by atoms with Crippen LogP contribution in [-0.2, 0) is 0 Å². The van der Waals surface area contributed by atoms with Crippen LogP contribution in [0.25, 0.3) is 10.4 Å². The summed E-state index contributed by atoms with van der Waals surface area (Å²) in [4.78, 5) is 17.8. The molecule has 0 atom stereocenters. The quantitative estimate of drug-likeness (QED) is 0.653. The molecule has 0 saturated heterocycles. The minimum absolute atomic E-state index is 0.174. The van der Waals surface area contributed by atoms with E-state index in [4.69, 9.17) is 5.26 Å². The first-order chi connectivity index (χ1) is 12.7. The molecule has 0 aliphatic heterocycles. The predicted octanol–water partition coefficient (Wildman–Crippen LogP) is 3.66. The maximum atomic E-state index is 13.0. The van der Waals surface area contributed by atoms with Crippen LogP contribution in [0.15, 0.2) is 54.7 Å². The number of hydrogen-bond donors (Lipinski definition) is 2. The summed E-state index contributed by atoms with van der Waals surface area (Å²) in [5.74, 6) is 0.0360. The summed E-state index contributed by atoms with van der Waals surface area (Å²) in [5, 5.41) is 14.8. The lowest BCUT2D eigenvalue weighted by Crippen LogP contribution is -2.28. The van der Waals surface area contributed by atoms with Crippen LogP contribution < -0.4 is 10.6 Å². The molecule has 7 heteroatoms. The van der Waals surface area contributed by atoms with Gasteiger partial charge in [0.1, 0.15) is 17.7 Å². The Hall–Kier alpha value is -3.24. The Bertz CT molecular complexity index is 947. The van der Waals surface area contributed by atoms with Crippen molar-refractivity contribution in [1.29, 1.82) is 5.26 Å². The minimum atomic E-state index is -0.289. The van der Waals surface area contributed by atoms with E-state index in [0.29, 0.717) is 29.3 Å². The Morgan fingerprint density at radius 1 is 1.15 bits per heavy atom. The van der Waals surface area contributed by atoms with E-state index in [2.05, 4.69) is 21.7 Å². The highest BCUT2D eigenvalue weighted by atomic mass is 32.1. The lowest BCUT2D eigenvalue weighted by Gasteiger charge is -2.07. The molecule has 1 aromatic carbocycles. The van der Waals surface area contributed by atoms with E-state index in [1.165, 1.54) is 23.5 Å². The number of anilines is 1. The molecular formula is C19H15FN4OS. The molecular weight excluding hydrogens is 351 g/mol. The molecule has 3 aromatic rings. The molecule has 1 amide bonds. The molecule has 0 aliphatic rings. The van der Waals surface area contributed by atoms with E-state index in [9.17, 15) is 9.18 Å². The smallest absolute Gasteiger partial charge is 0.261 e. The van der Waals surface area contributed by atoms with Crippen molar-refractivity contribution < 1.29 is 9.18 Å². The largest absolute Gasteiger partial charge is 0.367 e. The van der Waals surface area contributed by atoms with Crippen LogP contribution in [0.1, 0.15) is 15.2 Å². The first-order valence-electron chi connectivity index (χ1n) is 7.90. The van der Waals surface area contributed by atoms with E-state index in [0.717, 1.165) is 10.4 Å². The van der Waals surface area contributed by atoms with E-state index >= 15 is 0 Å². The highest BCUT2D eigenvalue weighted by Gasteiger charge is 2.10. The zero-order valence-electron chi connectivity index (χ0n) is 13.7. The number of thiophene rings is 1. The van der Waals surface area contributed by atoms with Gasteiger partial charge in [-0.1, -0.05) is 12.1 Å². The van der Waals surface area contributed by atoms with Gasteiger partial charge in [0.05, 0.1) is 10.4 Å². The molecule has 2 aromatic heterocycles. The third kappa shape index (κ3) is 4.23. The molecule has 0 fully saturated rings. The van der Waals surface area contributed by atoms with Crippen molar-refractivity contribution in [2.24, 2.45) is 0 Å². The highest BCUT2D eigenvalue weighted by Crippen LogP contribution is 2.28. The van der Waals surface area contributed by atoms with Crippen LogP contribution in [0.5, 0.6) is 0 Å². The molecule has 0 unspecified atom stereocenters. The van der Waals surface area contributed by atoms with E-state index < -0.39 is 0 Å². The Labute approximate surface area is 154 Å². The zero-order chi connectivity index (χ0) is 18.4. The van der Waals surface area contributed by atoms with Crippen LogP contribution in [0.3, 0.4) is 0 Å². The second-order valence-electron chi connectivity index (χ2n) is 5.36. The average Bonchev–Trinajstić information content (AvgIpc) is 3.16. The number of rotatable bonds is 6. The summed E-state index contributed by atoms with van der Waals surface area (Å²) in [6.07, 6.45) is 1.60. The molecule has 0 aliphatic carbocycles. The number of aromatic nitrogens is 1. The first-order valence-corrected chi connectivity index (χ1v) is 8.72. The highest BCUT2D eigenvalue weighted by molar-refractivity contribution is 7.17. The van der Waals surface area contributed by atoms with Gasteiger partial charge in [0, 0.05) is 24.2 Å². The van der Waals surface area contributed by atoms with Gasteiger partial charge in [-0.2, -0.15) is 5.26 Å². The molecule has 26 heavy (non-hydrogen) atoms. The van der Waals surface area contributed by atoms with Gasteiger partial charge in [-0.3, -0.25) is 4.79 Å². The van der Waals surface area contributed by atoms with Crippen molar-refractivity contribution in [1.82, 2.24) is 10.3 Å². The van der Waals surface area contributed by atoms with Gasteiger partial charge in [0.25, 0.3) is 5.91 Å². The van der Waals surface area contributed by atoms with Crippen molar-refractivity contribution in [3.63, 3.8) is 0 Å². The average molecular weight is 366 g/mol. The number of nitrogens with one attached hydrogen (secondary N) is 2. The van der Waals surface area contributed by atoms with Crippen LogP contribution in [0.4, 0.5) is 10.2 Å². The molecule has 0 radical (unpaired) electrons. The Morgan fingerprint density at radius 2 is 1.96 bits per heavy atom. The number of hydrogen-bond acceptors (Lipinski definition) is 5. The predicted molar refractivity (Wildman–Crippen MR) is 99.5 cm³/mol. The summed E-state index contributed by atoms with van der Waals surface area (Å²) in [7, 11) is 0. The van der Waals surface area contributed by atoms with Gasteiger partial charge in [-0.15, -0.1) is 11.3 Å². The zero-order valence-corrected chi connectivity index (χ0v) is 14.5. The molecule has 0 spiro atoms. The number of benzene rings is 1. The van der Waals surface area contributed by atoms with Crippen molar-refractivity contribution in [3.8, 4) is 16.5 Å². The molecule has 3 rings (SSSR count). The van der Waals surface area contributed by atoms with Gasteiger partial charge in [0.15, 0.2) is 0 Å².